The third-order valence-corrected chi connectivity index (χ3v) is 3.41. The molecule has 1 aromatic carbocycles. The predicted molar refractivity (Wildman–Crippen MR) is 94.9 cm³/mol. The molecule has 4 nitrogen and oxygen atoms in total. The van der Waals surface area contributed by atoms with E-state index in [0.29, 0.717) is 25.5 Å². The van der Waals surface area contributed by atoms with Crippen LogP contribution in [-0.4, -0.2) is 43.1 Å². The second-order valence-electron chi connectivity index (χ2n) is 8.03. The van der Waals surface area contributed by atoms with Gasteiger partial charge >= 0.3 is 0 Å². The van der Waals surface area contributed by atoms with Crippen molar-refractivity contribution < 1.29 is 19.0 Å². The molecule has 0 bridgehead atoms. The highest BCUT2D eigenvalue weighted by atomic mass is 19.1. The van der Waals surface area contributed by atoms with Gasteiger partial charge in [0.15, 0.2) is 0 Å². The number of β-amino-alcohol motifs (C(OH)–C–C–N with tert-alkyl or cyclic N) is 1. The van der Waals surface area contributed by atoms with Crippen LogP contribution in [0.1, 0.15) is 41.0 Å². The van der Waals surface area contributed by atoms with E-state index in [4.69, 9.17) is 9.47 Å². The first-order chi connectivity index (χ1) is 11.1. The molecular weight excluding hydrogens is 309 g/mol. The molecule has 1 rings (SSSR count). The lowest BCUT2D eigenvalue weighted by atomic mass is 9.82. The van der Waals surface area contributed by atoms with E-state index in [0.717, 1.165) is 6.42 Å². The number of hydrogen-bond donors (Lipinski definition) is 2. The summed E-state index contributed by atoms with van der Waals surface area (Å²) >= 11 is 0. The summed E-state index contributed by atoms with van der Waals surface area (Å²) < 4.78 is 23.6. The summed E-state index contributed by atoms with van der Waals surface area (Å²) in [5.74, 6) is 0.315. The van der Waals surface area contributed by atoms with Crippen molar-refractivity contribution in [1.29, 1.82) is 0 Å². The topological polar surface area (TPSA) is 50.7 Å². The molecule has 0 radical (unpaired) electrons. The third-order valence-electron chi connectivity index (χ3n) is 3.41. The van der Waals surface area contributed by atoms with Crippen LogP contribution in [0.5, 0.6) is 5.75 Å². The van der Waals surface area contributed by atoms with Crippen molar-refractivity contribution in [2.45, 2.75) is 52.7 Å². The highest BCUT2D eigenvalue weighted by Gasteiger charge is 2.25. The van der Waals surface area contributed by atoms with Crippen LogP contribution in [0.2, 0.25) is 0 Å². The van der Waals surface area contributed by atoms with Gasteiger partial charge in [0.05, 0.1) is 19.3 Å². The zero-order valence-corrected chi connectivity index (χ0v) is 15.6. The lowest BCUT2D eigenvalue weighted by molar-refractivity contribution is 0.0211. The van der Waals surface area contributed by atoms with Crippen molar-refractivity contribution >= 4 is 0 Å². The maximum absolute atomic E-state index is 12.8. The van der Waals surface area contributed by atoms with Gasteiger partial charge in [0.1, 0.15) is 18.2 Å². The van der Waals surface area contributed by atoms with Crippen LogP contribution in [0.4, 0.5) is 4.39 Å². The predicted octanol–water partition coefficient (Wildman–Crippen LogP) is 3.39. The standard InChI is InChI=1S/C19H32FNO3/c1-18(2,3)14-19(4,5)21-12-16(22)13-23-10-11-24-17-8-6-15(20)7-9-17/h6-9,16,21-22H,10-14H2,1-5H3/t16-/m1/s1. The molecule has 1 atom stereocenters. The van der Waals surface area contributed by atoms with E-state index in [2.05, 4.69) is 39.9 Å². The van der Waals surface area contributed by atoms with E-state index >= 15 is 0 Å². The minimum atomic E-state index is -0.560. The van der Waals surface area contributed by atoms with Crippen LogP contribution in [0, 0.1) is 11.2 Å². The fourth-order valence-corrected chi connectivity index (χ4v) is 2.81. The average Bonchev–Trinajstić information content (AvgIpc) is 2.44. The van der Waals surface area contributed by atoms with E-state index < -0.39 is 6.10 Å². The summed E-state index contributed by atoms with van der Waals surface area (Å²) in [5, 5.41) is 13.4. The number of ether oxygens (including phenoxy) is 2. The SMILES string of the molecule is CC(C)(C)CC(C)(C)NC[C@@H](O)COCCOc1ccc(F)cc1. The summed E-state index contributed by atoms with van der Waals surface area (Å²) in [4.78, 5) is 0. The minimum Gasteiger partial charge on any atom is -0.491 e. The van der Waals surface area contributed by atoms with Crippen molar-refractivity contribution in [3.05, 3.63) is 30.1 Å². The quantitative estimate of drug-likeness (QED) is 0.641. The number of halogens is 1. The first-order valence-electron chi connectivity index (χ1n) is 8.47. The third kappa shape index (κ3) is 9.85. The number of rotatable bonds is 10. The largest absolute Gasteiger partial charge is 0.491 e. The number of aliphatic hydroxyl groups is 1. The fourth-order valence-electron chi connectivity index (χ4n) is 2.81. The lowest BCUT2D eigenvalue weighted by Gasteiger charge is -2.34. The monoisotopic (exact) mass is 341 g/mol. The second-order valence-corrected chi connectivity index (χ2v) is 8.03. The summed E-state index contributed by atoms with van der Waals surface area (Å²) in [6.45, 7) is 12.4. The Kier molecular flexibility index (Phi) is 8.13. The van der Waals surface area contributed by atoms with Crippen LogP contribution in [-0.2, 0) is 4.74 Å². The molecule has 0 unspecified atom stereocenters. The maximum atomic E-state index is 12.8. The molecule has 24 heavy (non-hydrogen) atoms. The molecule has 5 heteroatoms. The molecule has 0 amide bonds. The van der Waals surface area contributed by atoms with Gasteiger partial charge in [-0.05, 0) is 49.9 Å². The summed E-state index contributed by atoms with van der Waals surface area (Å²) in [6, 6.07) is 5.85. The van der Waals surface area contributed by atoms with Gasteiger partial charge < -0.3 is 19.9 Å². The smallest absolute Gasteiger partial charge is 0.123 e. The van der Waals surface area contributed by atoms with E-state index in [1.807, 2.05) is 0 Å². The van der Waals surface area contributed by atoms with Gasteiger partial charge in [-0.15, -0.1) is 0 Å². The second kappa shape index (κ2) is 9.35. The molecule has 1 aromatic rings. The Labute approximate surface area is 145 Å². The molecule has 0 fully saturated rings. The Balaban J connectivity index is 2.13. The molecule has 2 N–H and O–H groups in total. The summed E-state index contributed by atoms with van der Waals surface area (Å²) in [5.41, 5.74) is 0.195. The Bertz CT molecular complexity index is 468. The van der Waals surface area contributed by atoms with Crippen LogP contribution in [0.25, 0.3) is 0 Å². The molecule has 0 aromatic heterocycles. The zero-order valence-electron chi connectivity index (χ0n) is 15.6. The molecule has 0 aliphatic heterocycles. The summed E-state index contributed by atoms with van der Waals surface area (Å²) in [7, 11) is 0. The van der Waals surface area contributed by atoms with Gasteiger partial charge in [-0.25, -0.2) is 4.39 Å². The normalized spacial score (nSPS) is 13.8. The van der Waals surface area contributed by atoms with E-state index in [1.54, 1.807) is 12.1 Å². The molecule has 0 aliphatic rings. The van der Waals surface area contributed by atoms with Crippen LogP contribution >= 0.6 is 0 Å². The highest BCUT2D eigenvalue weighted by Crippen LogP contribution is 2.26. The summed E-state index contributed by atoms with van der Waals surface area (Å²) in [6.07, 6.45) is 0.453. The van der Waals surface area contributed by atoms with Crippen LogP contribution in [0.15, 0.2) is 24.3 Å². The van der Waals surface area contributed by atoms with Crippen LogP contribution < -0.4 is 10.1 Å². The molecule has 138 valence electrons. The van der Waals surface area contributed by atoms with Gasteiger partial charge in [-0.2, -0.15) is 0 Å². The minimum absolute atomic E-state index is 0.0368. The molecular formula is C19H32FNO3. The van der Waals surface area contributed by atoms with E-state index in [-0.39, 0.29) is 23.4 Å². The molecule has 0 spiro atoms. The Morgan fingerprint density at radius 3 is 2.29 bits per heavy atom. The van der Waals surface area contributed by atoms with Crippen molar-refractivity contribution in [1.82, 2.24) is 5.32 Å². The van der Waals surface area contributed by atoms with E-state index in [1.165, 1.54) is 12.1 Å². The first-order valence-corrected chi connectivity index (χ1v) is 8.47. The maximum Gasteiger partial charge on any atom is 0.123 e. The number of benzene rings is 1. The lowest BCUT2D eigenvalue weighted by Crippen LogP contribution is -2.46. The van der Waals surface area contributed by atoms with Crippen LogP contribution in [0.3, 0.4) is 0 Å². The van der Waals surface area contributed by atoms with Gasteiger partial charge in [0.25, 0.3) is 0 Å². The van der Waals surface area contributed by atoms with Gasteiger partial charge in [0, 0.05) is 12.1 Å². The fraction of sp³-hybridized carbons (Fsp3) is 0.684. The highest BCUT2D eigenvalue weighted by molar-refractivity contribution is 5.21. The van der Waals surface area contributed by atoms with Gasteiger partial charge in [-0.1, -0.05) is 20.8 Å². The Hall–Kier alpha value is -1.17. The Morgan fingerprint density at radius 2 is 1.71 bits per heavy atom. The number of hydrogen-bond acceptors (Lipinski definition) is 4. The van der Waals surface area contributed by atoms with Gasteiger partial charge in [0.2, 0.25) is 0 Å². The molecule has 0 aliphatic carbocycles. The molecule has 0 heterocycles. The molecule has 0 saturated carbocycles. The van der Waals surface area contributed by atoms with Crippen molar-refractivity contribution in [2.75, 3.05) is 26.4 Å². The first kappa shape index (κ1) is 20.9. The molecule has 0 saturated heterocycles. The number of nitrogens with one attached hydrogen (secondary N) is 1. The zero-order chi connectivity index (χ0) is 18.2. The Morgan fingerprint density at radius 1 is 1.08 bits per heavy atom. The van der Waals surface area contributed by atoms with Gasteiger partial charge in [-0.3, -0.25) is 0 Å². The van der Waals surface area contributed by atoms with Crippen molar-refractivity contribution in [2.24, 2.45) is 5.41 Å². The van der Waals surface area contributed by atoms with Crippen molar-refractivity contribution in [3.63, 3.8) is 0 Å². The van der Waals surface area contributed by atoms with E-state index in [9.17, 15) is 9.50 Å². The number of aliphatic hydroxyl groups excluding tert-OH is 1. The van der Waals surface area contributed by atoms with Crippen molar-refractivity contribution in [3.8, 4) is 5.75 Å². The average molecular weight is 341 g/mol.